The molecule has 0 aliphatic carbocycles. The molecule has 8 heteroatoms. The van der Waals surface area contributed by atoms with Gasteiger partial charge in [0.1, 0.15) is 5.75 Å². The van der Waals surface area contributed by atoms with Gasteiger partial charge in [0.05, 0.1) is 25.2 Å². The number of para-hydroxylation sites is 2. The number of rotatable bonds is 7. The van der Waals surface area contributed by atoms with Gasteiger partial charge in [-0.3, -0.25) is 14.3 Å². The van der Waals surface area contributed by atoms with Gasteiger partial charge in [-0.1, -0.05) is 23.9 Å². The SMILES string of the molecule is CCOC(=O)CSc1nnc(-c2ccncc2)n1-c1ccccc1OC. The Hall–Kier alpha value is -2.87. The summed E-state index contributed by atoms with van der Waals surface area (Å²) < 4.78 is 12.4. The molecule has 0 atom stereocenters. The zero-order valence-electron chi connectivity index (χ0n) is 14.5. The highest BCUT2D eigenvalue weighted by molar-refractivity contribution is 7.99. The van der Waals surface area contributed by atoms with Crippen molar-refractivity contribution in [2.45, 2.75) is 12.1 Å². The molecule has 0 amide bonds. The van der Waals surface area contributed by atoms with Crippen molar-refractivity contribution < 1.29 is 14.3 Å². The molecule has 3 aromatic rings. The standard InChI is InChI=1S/C18H18N4O3S/c1-3-25-16(23)12-26-18-21-20-17(13-8-10-19-11-9-13)22(18)14-6-4-5-7-15(14)24-2/h4-11H,3,12H2,1-2H3. The van der Waals surface area contributed by atoms with Crippen LogP contribution in [0.1, 0.15) is 6.92 Å². The predicted molar refractivity (Wildman–Crippen MR) is 98.5 cm³/mol. The van der Waals surface area contributed by atoms with Gasteiger partial charge < -0.3 is 9.47 Å². The van der Waals surface area contributed by atoms with E-state index in [1.165, 1.54) is 11.8 Å². The van der Waals surface area contributed by atoms with Crippen molar-refractivity contribution in [2.24, 2.45) is 0 Å². The van der Waals surface area contributed by atoms with Crippen LogP contribution in [-0.4, -0.2) is 45.2 Å². The number of ether oxygens (including phenoxy) is 2. The second kappa shape index (κ2) is 8.48. The average molecular weight is 370 g/mol. The number of methoxy groups -OCH3 is 1. The quantitative estimate of drug-likeness (QED) is 0.467. The Balaban J connectivity index is 2.05. The number of aromatic nitrogens is 4. The summed E-state index contributed by atoms with van der Waals surface area (Å²) in [6.07, 6.45) is 3.39. The van der Waals surface area contributed by atoms with Crippen molar-refractivity contribution in [1.82, 2.24) is 19.7 Å². The van der Waals surface area contributed by atoms with E-state index < -0.39 is 0 Å². The molecule has 2 heterocycles. The molecule has 26 heavy (non-hydrogen) atoms. The van der Waals surface area contributed by atoms with Crippen LogP contribution in [-0.2, 0) is 9.53 Å². The maximum Gasteiger partial charge on any atom is 0.316 e. The number of esters is 1. The van der Waals surface area contributed by atoms with Gasteiger partial charge in [0.25, 0.3) is 0 Å². The first kappa shape index (κ1) is 17.9. The Morgan fingerprint density at radius 2 is 1.92 bits per heavy atom. The number of carbonyl (C=O) groups is 1. The zero-order chi connectivity index (χ0) is 18.4. The molecule has 7 nitrogen and oxygen atoms in total. The summed E-state index contributed by atoms with van der Waals surface area (Å²) in [7, 11) is 1.61. The summed E-state index contributed by atoms with van der Waals surface area (Å²) in [5.74, 6) is 1.18. The summed E-state index contributed by atoms with van der Waals surface area (Å²) >= 11 is 1.27. The smallest absolute Gasteiger partial charge is 0.316 e. The Morgan fingerprint density at radius 1 is 1.15 bits per heavy atom. The van der Waals surface area contributed by atoms with Crippen molar-refractivity contribution in [2.75, 3.05) is 19.5 Å². The van der Waals surface area contributed by atoms with Crippen LogP contribution < -0.4 is 4.74 Å². The lowest BCUT2D eigenvalue weighted by Crippen LogP contribution is -2.08. The molecule has 0 aliphatic heterocycles. The van der Waals surface area contributed by atoms with Crippen LogP contribution >= 0.6 is 11.8 Å². The van der Waals surface area contributed by atoms with Gasteiger partial charge in [0.2, 0.25) is 0 Å². The average Bonchev–Trinajstić information content (AvgIpc) is 3.11. The van der Waals surface area contributed by atoms with Crippen LogP contribution in [0.3, 0.4) is 0 Å². The van der Waals surface area contributed by atoms with E-state index in [2.05, 4.69) is 15.2 Å². The molecule has 134 valence electrons. The molecule has 1 aromatic carbocycles. The number of hydrogen-bond donors (Lipinski definition) is 0. The lowest BCUT2D eigenvalue weighted by atomic mass is 10.2. The van der Waals surface area contributed by atoms with Gasteiger partial charge in [-0.05, 0) is 31.2 Å². The number of hydrogen-bond acceptors (Lipinski definition) is 7. The van der Waals surface area contributed by atoms with Crippen molar-refractivity contribution in [1.29, 1.82) is 0 Å². The van der Waals surface area contributed by atoms with Crippen molar-refractivity contribution in [3.63, 3.8) is 0 Å². The van der Waals surface area contributed by atoms with E-state index in [1.54, 1.807) is 26.4 Å². The highest BCUT2D eigenvalue weighted by atomic mass is 32.2. The maximum atomic E-state index is 11.7. The summed E-state index contributed by atoms with van der Waals surface area (Å²) in [5, 5.41) is 9.17. The first-order valence-corrected chi connectivity index (χ1v) is 9.00. The molecular formula is C18H18N4O3S. The van der Waals surface area contributed by atoms with Crippen molar-refractivity contribution in [3.05, 3.63) is 48.8 Å². The third-order valence-electron chi connectivity index (χ3n) is 3.52. The Kier molecular flexibility index (Phi) is 5.85. The minimum Gasteiger partial charge on any atom is -0.495 e. The predicted octanol–water partition coefficient (Wildman–Crippen LogP) is 2.99. The molecule has 0 radical (unpaired) electrons. The van der Waals surface area contributed by atoms with E-state index in [4.69, 9.17) is 9.47 Å². The normalized spacial score (nSPS) is 10.5. The molecule has 2 aromatic heterocycles. The van der Waals surface area contributed by atoms with Crippen molar-refractivity contribution in [3.8, 4) is 22.8 Å². The van der Waals surface area contributed by atoms with E-state index in [0.29, 0.717) is 23.3 Å². The number of pyridine rings is 1. The number of thioether (sulfide) groups is 1. The van der Waals surface area contributed by atoms with Gasteiger partial charge in [0.15, 0.2) is 11.0 Å². The minimum absolute atomic E-state index is 0.150. The summed E-state index contributed by atoms with van der Waals surface area (Å²) in [4.78, 5) is 15.8. The lowest BCUT2D eigenvalue weighted by Gasteiger charge is -2.13. The molecule has 3 rings (SSSR count). The van der Waals surface area contributed by atoms with Gasteiger partial charge in [-0.15, -0.1) is 10.2 Å². The fourth-order valence-corrected chi connectivity index (χ4v) is 3.15. The molecule has 0 saturated heterocycles. The second-order valence-electron chi connectivity index (χ2n) is 5.14. The second-order valence-corrected chi connectivity index (χ2v) is 6.09. The zero-order valence-corrected chi connectivity index (χ0v) is 15.3. The molecule has 0 aliphatic rings. The van der Waals surface area contributed by atoms with Crippen LogP contribution in [0, 0.1) is 0 Å². The highest BCUT2D eigenvalue weighted by Crippen LogP contribution is 2.32. The minimum atomic E-state index is -0.294. The molecule has 0 N–H and O–H groups in total. The van der Waals surface area contributed by atoms with Gasteiger partial charge in [-0.2, -0.15) is 0 Å². The topological polar surface area (TPSA) is 79.1 Å². The van der Waals surface area contributed by atoms with E-state index in [-0.39, 0.29) is 11.7 Å². The molecule has 0 bridgehead atoms. The number of benzene rings is 1. The van der Waals surface area contributed by atoms with E-state index in [0.717, 1.165) is 11.3 Å². The first-order valence-electron chi connectivity index (χ1n) is 8.02. The highest BCUT2D eigenvalue weighted by Gasteiger charge is 2.19. The van der Waals surface area contributed by atoms with E-state index in [9.17, 15) is 4.79 Å². The third-order valence-corrected chi connectivity index (χ3v) is 4.42. The maximum absolute atomic E-state index is 11.7. The summed E-state index contributed by atoms with van der Waals surface area (Å²) in [5.41, 5.74) is 1.65. The first-order chi connectivity index (χ1) is 12.7. The Labute approximate surface area is 155 Å². The lowest BCUT2D eigenvalue weighted by molar-refractivity contribution is -0.139. The Morgan fingerprint density at radius 3 is 2.65 bits per heavy atom. The fraction of sp³-hybridized carbons (Fsp3) is 0.222. The summed E-state index contributed by atoms with van der Waals surface area (Å²) in [6, 6.07) is 11.3. The number of nitrogens with zero attached hydrogens (tertiary/aromatic N) is 4. The molecule has 0 fully saturated rings. The number of carbonyl (C=O) groups excluding carboxylic acids is 1. The van der Waals surface area contributed by atoms with Gasteiger partial charge >= 0.3 is 5.97 Å². The largest absolute Gasteiger partial charge is 0.495 e. The van der Waals surface area contributed by atoms with Crippen molar-refractivity contribution >= 4 is 17.7 Å². The molecule has 0 spiro atoms. The van der Waals surface area contributed by atoms with Crippen LogP contribution in [0.4, 0.5) is 0 Å². The third kappa shape index (κ3) is 3.85. The molecular weight excluding hydrogens is 352 g/mol. The molecule has 0 saturated carbocycles. The van der Waals surface area contributed by atoms with E-state index in [1.807, 2.05) is 41.0 Å². The summed E-state index contributed by atoms with van der Waals surface area (Å²) in [6.45, 7) is 2.13. The monoisotopic (exact) mass is 370 g/mol. The van der Waals surface area contributed by atoms with Crippen LogP contribution in [0.5, 0.6) is 5.75 Å². The van der Waals surface area contributed by atoms with Gasteiger partial charge in [0, 0.05) is 18.0 Å². The van der Waals surface area contributed by atoms with Crippen LogP contribution in [0.2, 0.25) is 0 Å². The Bertz CT molecular complexity index is 883. The molecule has 0 unspecified atom stereocenters. The van der Waals surface area contributed by atoms with Crippen LogP contribution in [0.15, 0.2) is 53.9 Å². The van der Waals surface area contributed by atoms with E-state index >= 15 is 0 Å². The van der Waals surface area contributed by atoms with Gasteiger partial charge in [-0.25, -0.2) is 0 Å². The fourth-order valence-electron chi connectivity index (χ4n) is 2.41. The van der Waals surface area contributed by atoms with Crippen LogP contribution in [0.25, 0.3) is 17.1 Å².